The lowest BCUT2D eigenvalue weighted by Crippen LogP contribution is -2.21. The van der Waals surface area contributed by atoms with Crippen molar-refractivity contribution in [2.24, 2.45) is 0 Å². The normalized spacial score (nSPS) is 8.55. The van der Waals surface area contributed by atoms with Gasteiger partial charge in [-0.05, 0) is 13.5 Å². The highest BCUT2D eigenvalue weighted by Crippen LogP contribution is 1.87. The fourth-order valence-electron chi connectivity index (χ4n) is 0.680. The highest BCUT2D eigenvalue weighted by Gasteiger charge is 1.97. The van der Waals surface area contributed by atoms with Crippen LogP contribution in [0.5, 0.6) is 0 Å². The summed E-state index contributed by atoms with van der Waals surface area (Å²) in [7, 11) is 0. The number of rotatable bonds is 5. The molecule has 0 aromatic rings. The van der Waals surface area contributed by atoms with E-state index in [1.54, 1.807) is 6.92 Å². The van der Waals surface area contributed by atoms with E-state index in [1.165, 1.54) is 0 Å². The molecule has 0 radical (unpaired) electrons. The lowest BCUT2D eigenvalue weighted by atomic mass is 10.2. The summed E-state index contributed by atoms with van der Waals surface area (Å²) in [5.74, 6) is 5.86. The molecule has 0 aromatic carbocycles. The largest absolute Gasteiger partial charge is 0.310 e. The van der Waals surface area contributed by atoms with Gasteiger partial charge in [-0.2, -0.15) is 0 Å². The van der Waals surface area contributed by atoms with Crippen LogP contribution in [0.25, 0.3) is 0 Å². The van der Waals surface area contributed by atoms with Gasteiger partial charge in [0, 0.05) is 12.8 Å². The summed E-state index contributed by atoms with van der Waals surface area (Å²) >= 11 is 0. The number of likely N-dealkylation sites (N-methyl/N-ethyl adjacent to an activating group) is 1. The van der Waals surface area contributed by atoms with Gasteiger partial charge in [0.05, 0.1) is 6.54 Å². The topological polar surface area (TPSA) is 29.1 Å². The number of carbonyl (C=O) groups is 1. The first-order valence-corrected chi connectivity index (χ1v) is 3.93. The third-order valence-electron chi connectivity index (χ3n) is 1.28. The highest BCUT2D eigenvalue weighted by molar-refractivity contribution is 5.80. The van der Waals surface area contributed by atoms with Crippen LogP contribution in [0.4, 0.5) is 0 Å². The molecular weight excluding hydrogens is 138 g/mol. The van der Waals surface area contributed by atoms with Gasteiger partial charge in [-0.1, -0.05) is 6.92 Å². The Hall–Kier alpha value is -0.810. The van der Waals surface area contributed by atoms with Gasteiger partial charge >= 0.3 is 0 Å². The molecule has 0 aliphatic heterocycles. The Morgan fingerprint density at radius 2 is 2.27 bits per heavy atom. The minimum absolute atomic E-state index is 0.245. The van der Waals surface area contributed by atoms with E-state index in [1.807, 2.05) is 6.92 Å². The molecule has 0 saturated heterocycles. The van der Waals surface area contributed by atoms with Crippen LogP contribution >= 0.6 is 0 Å². The molecule has 1 N–H and O–H groups in total. The molecule has 0 amide bonds. The summed E-state index contributed by atoms with van der Waals surface area (Å²) in [5, 5.41) is 2.98. The van der Waals surface area contributed by atoms with Crippen LogP contribution in [0.3, 0.4) is 0 Å². The molecule has 2 heteroatoms. The first-order valence-electron chi connectivity index (χ1n) is 3.93. The van der Waals surface area contributed by atoms with Crippen LogP contribution in [-0.2, 0) is 4.79 Å². The quantitative estimate of drug-likeness (QED) is 0.596. The van der Waals surface area contributed by atoms with E-state index in [-0.39, 0.29) is 5.78 Å². The second-order valence-corrected chi connectivity index (χ2v) is 2.25. The molecule has 11 heavy (non-hydrogen) atoms. The molecule has 0 aliphatic carbocycles. The highest BCUT2D eigenvalue weighted by atomic mass is 16.1. The first-order chi connectivity index (χ1) is 5.31. The van der Waals surface area contributed by atoms with Gasteiger partial charge in [0.2, 0.25) is 0 Å². The third kappa shape index (κ3) is 7.08. The molecular formula is C9H15NO. The standard InChI is InChI=1S/C9H15NO/c1-3-5-6-7-9(11)8-10-4-2/h10H,4,6-8H2,1-2H3. The Balaban J connectivity index is 3.27. The van der Waals surface area contributed by atoms with Crippen molar-refractivity contribution in [1.82, 2.24) is 5.32 Å². The second kappa shape index (κ2) is 7.30. The number of ketones is 1. The number of Topliss-reactive ketones (excluding diaryl/α,β-unsaturated/α-hetero) is 1. The zero-order chi connectivity index (χ0) is 8.53. The molecule has 0 saturated carbocycles. The summed E-state index contributed by atoms with van der Waals surface area (Å²) in [5.41, 5.74) is 0. The molecule has 0 rings (SSSR count). The maximum atomic E-state index is 10.9. The van der Waals surface area contributed by atoms with Gasteiger partial charge in [-0.25, -0.2) is 0 Å². The van der Waals surface area contributed by atoms with Gasteiger partial charge in [0.25, 0.3) is 0 Å². The SMILES string of the molecule is CC#CCCC(=O)CNCC. The molecule has 0 atom stereocenters. The van der Waals surface area contributed by atoms with Crippen molar-refractivity contribution < 1.29 is 4.79 Å². The monoisotopic (exact) mass is 153 g/mol. The minimum Gasteiger partial charge on any atom is -0.310 e. The Kier molecular flexibility index (Phi) is 6.76. The predicted molar refractivity (Wildman–Crippen MR) is 46.2 cm³/mol. The van der Waals surface area contributed by atoms with Crippen LogP contribution < -0.4 is 5.32 Å². The molecule has 0 heterocycles. The lowest BCUT2D eigenvalue weighted by molar-refractivity contribution is -0.118. The number of hydrogen-bond acceptors (Lipinski definition) is 2. The zero-order valence-corrected chi connectivity index (χ0v) is 7.24. The maximum Gasteiger partial charge on any atom is 0.147 e. The summed E-state index contributed by atoms with van der Waals surface area (Å²) in [6, 6.07) is 0. The first kappa shape index (κ1) is 10.2. The number of hydrogen-bond donors (Lipinski definition) is 1. The average molecular weight is 153 g/mol. The van der Waals surface area contributed by atoms with Gasteiger partial charge < -0.3 is 5.32 Å². The Morgan fingerprint density at radius 3 is 2.82 bits per heavy atom. The van der Waals surface area contributed by atoms with E-state index in [4.69, 9.17) is 0 Å². The zero-order valence-electron chi connectivity index (χ0n) is 7.24. The second-order valence-electron chi connectivity index (χ2n) is 2.25. The molecule has 0 fully saturated rings. The minimum atomic E-state index is 0.245. The summed E-state index contributed by atoms with van der Waals surface area (Å²) < 4.78 is 0. The van der Waals surface area contributed by atoms with Crippen molar-refractivity contribution in [1.29, 1.82) is 0 Å². The predicted octanol–water partition coefficient (Wildman–Crippen LogP) is 0.969. The molecule has 2 nitrogen and oxygen atoms in total. The summed E-state index contributed by atoms with van der Waals surface area (Å²) in [4.78, 5) is 10.9. The van der Waals surface area contributed by atoms with E-state index < -0.39 is 0 Å². The molecule has 62 valence electrons. The van der Waals surface area contributed by atoms with Crippen molar-refractivity contribution in [3.8, 4) is 11.8 Å². The van der Waals surface area contributed by atoms with Gasteiger partial charge in [0.15, 0.2) is 0 Å². The van der Waals surface area contributed by atoms with Crippen LogP contribution in [0.1, 0.15) is 26.7 Å². The Bertz CT molecular complexity index is 164. The molecule has 0 spiro atoms. The van der Waals surface area contributed by atoms with E-state index in [0.29, 0.717) is 19.4 Å². The fourth-order valence-corrected chi connectivity index (χ4v) is 0.680. The van der Waals surface area contributed by atoms with Crippen molar-refractivity contribution in [2.45, 2.75) is 26.7 Å². The van der Waals surface area contributed by atoms with Gasteiger partial charge in [0.1, 0.15) is 5.78 Å². The Labute approximate surface area is 68.4 Å². The van der Waals surface area contributed by atoms with Crippen LogP contribution in [0.2, 0.25) is 0 Å². The van der Waals surface area contributed by atoms with Crippen molar-refractivity contribution in [2.75, 3.05) is 13.1 Å². The van der Waals surface area contributed by atoms with E-state index in [0.717, 1.165) is 6.54 Å². The average Bonchev–Trinajstić information content (AvgIpc) is 2.01. The van der Waals surface area contributed by atoms with Crippen molar-refractivity contribution in [3.05, 3.63) is 0 Å². The third-order valence-corrected chi connectivity index (χ3v) is 1.28. The number of nitrogens with one attached hydrogen (secondary N) is 1. The van der Waals surface area contributed by atoms with Gasteiger partial charge in [-0.3, -0.25) is 4.79 Å². The summed E-state index contributed by atoms with van der Waals surface area (Å²) in [6.45, 7) is 5.11. The Morgan fingerprint density at radius 1 is 1.55 bits per heavy atom. The molecule has 0 bridgehead atoms. The summed E-state index contributed by atoms with van der Waals surface area (Å²) in [6.07, 6.45) is 1.27. The van der Waals surface area contributed by atoms with E-state index in [2.05, 4.69) is 17.2 Å². The smallest absolute Gasteiger partial charge is 0.147 e. The van der Waals surface area contributed by atoms with Crippen LogP contribution in [0, 0.1) is 11.8 Å². The van der Waals surface area contributed by atoms with Crippen LogP contribution in [0.15, 0.2) is 0 Å². The molecule has 0 aliphatic rings. The maximum absolute atomic E-state index is 10.9. The van der Waals surface area contributed by atoms with Crippen molar-refractivity contribution in [3.63, 3.8) is 0 Å². The van der Waals surface area contributed by atoms with E-state index >= 15 is 0 Å². The van der Waals surface area contributed by atoms with Gasteiger partial charge in [-0.15, -0.1) is 11.8 Å². The lowest BCUT2D eigenvalue weighted by Gasteiger charge is -1.97. The van der Waals surface area contributed by atoms with E-state index in [9.17, 15) is 4.79 Å². The molecule has 0 unspecified atom stereocenters. The number of carbonyl (C=O) groups excluding carboxylic acids is 1. The fraction of sp³-hybridized carbons (Fsp3) is 0.667. The van der Waals surface area contributed by atoms with Crippen LogP contribution in [-0.4, -0.2) is 18.9 Å². The van der Waals surface area contributed by atoms with Crippen molar-refractivity contribution >= 4 is 5.78 Å². The molecule has 0 aromatic heterocycles.